The Bertz CT molecular complexity index is 328. The second-order valence-corrected chi connectivity index (χ2v) is 3.24. The van der Waals surface area contributed by atoms with Crippen molar-refractivity contribution in [2.24, 2.45) is 5.73 Å². The van der Waals surface area contributed by atoms with E-state index in [2.05, 4.69) is 4.74 Å². The third-order valence-corrected chi connectivity index (χ3v) is 2.20. The molecule has 0 radical (unpaired) electrons. The van der Waals surface area contributed by atoms with Gasteiger partial charge in [-0.3, -0.25) is 4.79 Å². The molecule has 0 aliphatic heterocycles. The first-order valence-corrected chi connectivity index (χ1v) is 4.53. The zero-order chi connectivity index (χ0) is 10.6. The highest BCUT2D eigenvalue weighted by Gasteiger charge is 2.12. The van der Waals surface area contributed by atoms with E-state index in [0.29, 0.717) is 0 Å². The lowest BCUT2D eigenvalue weighted by molar-refractivity contribution is -0.141. The number of rotatable bonds is 3. The molecule has 0 spiro atoms. The van der Waals surface area contributed by atoms with Gasteiger partial charge in [-0.1, -0.05) is 24.3 Å². The van der Waals surface area contributed by atoms with Crippen LogP contribution < -0.4 is 5.73 Å². The van der Waals surface area contributed by atoms with Gasteiger partial charge in [0.15, 0.2) is 0 Å². The Labute approximate surface area is 96.0 Å². The molecule has 3 nitrogen and oxygen atoms in total. The molecule has 15 heavy (non-hydrogen) atoms. The molecule has 0 bridgehead atoms. The van der Waals surface area contributed by atoms with Gasteiger partial charge in [-0.15, -0.1) is 12.4 Å². The Kier molecular flexibility index (Phi) is 5.97. The molecule has 1 aromatic rings. The first kappa shape index (κ1) is 13.9. The van der Waals surface area contributed by atoms with E-state index in [1.54, 1.807) is 0 Å². The molecule has 4 heteroatoms. The number of nitrogens with two attached hydrogens (primary N) is 1. The minimum absolute atomic E-state index is 0. The van der Waals surface area contributed by atoms with Crippen LogP contribution in [-0.2, 0) is 9.53 Å². The average Bonchev–Trinajstić information content (AvgIpc) is 2.18. The molecule has 1 unspecified atom stereocenters. The monoisotopic (exact) mass is 229 g/mol. The Balaban J connectivity index is 0.00000196. The van der Waals surface area contributed by atoms with Gasteiger partial charge in [0.2, 0.25) is 0 Å². The highest BCUT2D eigenvalue weighted by Crippen LogP contribution is 2.18. The fraction of sp³-hybridized carbons (Fsp3) is 0.364. The van der Waals surface area contributed by atoms with Crippen LogP contribution in [0.15, 0.2) is 24.3 Å². The summed E-state index contributed by atoms with van der Waals surface area (Å²) in [6.07, 6.45) is 0.224. The van der Waals surface area contributed by atoms with Crippen LogP contribution in [0.4, 0.5) is 0 Å². The highest BCUT2D eigenvalue weighted by atomic mass is 35.5. The summed E-state index contributed by atoms with van der Waals surface area (Å²) in [4.78, 5) is 11.0. The number of carbonyl (C=O) groups excluding carboxylic acids is 1. The van der Waals surface area contributed by atoms with Crippen molar-refractivity contribution in [3.05, 3.63) is 35.4 Å². The maximum atomic E-state index is 11.0. The first-order chi connectivity index (χ1) is 6.65. The van der Waals surface area contributed by atoms with Crippen molar-refractivity contribution in [3.63, 3.8) is 0 Å². The third-order valence-electron chi connectivity index (χ3n) is 2.20. The minimum atomic E-state index is -0.277. The van der Waals surface area contributed by atoms with Gasteiger partial charge < -0.3 is 10.5 Å². The molecule has 1 atom stereocenters. The normalized spacial score (nSPS) is 11.4. The zero-order valence-electron chi connectivity index (χ0n) is 8.90. The van der Waals surface area contributed by atoms with Crippen LogP contribution in [0.5, 0.6) is 0 Å². The molecule has 0 aromatic heterocycles. The molecule has 0 aliphatic carbocycles. The number of hydrogen-bond donors (Lipinski definition) is 1. The summed E-state index contributed by atoms with van der Waals surface area (Å²) in [5, 5.41) is 0. The molecule has 0 saturated heterocycles. The van der Waals surface area contributed by atoms with Crippen LogP contribution in [0.2, 0.25) is 0 Å². The minimum Gasteiger partial charge on any atom is -0.469 e. The highest BCUT2D eigenvalue weighted by molar-refractivity contribution is 5.85. The number of methoxy groups -OCH3 is 1. The first-order valence-electron chi connectivity index (χ1n) is 4.53. The quantitative estimate of drug-likeness (QED) is 0.807. The largest absolute Gasteiger partial charge is 0.469 e. The molecular formula is C11H16ClNO2. The summed E-state index contributed by atoms with van der Waals surface area (Å²) >= 11 is 0. The molecule has 84 valence electrons. The van der Waals surface area contributed by atoms with Crippen LogP contribution >= 0.6 is 12.4 Å². The summed E-state index contributed by atoms with van der Waals surface area (Å²) in [6.45, 7) is 1.98. The number of ether oxygens (including phenoxy) is 1. The van der Waals surface area contributed by atoms with Crippen molar-refractivity contribution >= 4 is 18.4 Å². The van der Waals surface area contributed by atoms with Crippen molar-refractivity contribution in [1.29, 1.82) is 0 Å². The number of hydrogen-bond acceptors (Lipinski definition) is 3. The number of halogens is 1. The molecule has 0 aliphatic rings. The maximum absolute atomic E-state index is 11.0. The van der Waals surface area contributed by atoms with Crippen LogP contribution in [0.1, 0.15) is 23.6 Å². The van der Waals surface area contributed by atoms with E-state index in [0.717, 1.165) is 11.1 Å². The number of carbonyl (C=O) groups is 1. The van der Waals surface area contributed by atoms with E-state index in [1.807, 2.05) is 31.2 Å². The van der Waals surface area contributed by atoms with Gasteiger partial charge in [-0.05, 0) is 18.1 Å². The smallest absolute Gasteiger partial charge is 0.307 e. The van der Waals surface area contributed by atoms with E-state index in [-0.39, 0.29) is 30.8 Å². The molecule has 1 aromatic carbocycles. The summed E-state index contributed by atoms with van der Waals surface area (Å²) in [7, 11) is 1.37. The zero-order valence-corrected chi connectivity index (χ0v) is 9.71. The lowest BCUT2D eigenvalue weighted by Crippen LogP contribution is -2.17. The molecule has 1 rings (SSSR count). The van der Waals surface area contributed by atoms with Crippen LogP contribution in [-0.4, -0.2) is 13.1 Å². The van der Waals surface area contributed by atoms with E-state index in [1.165, 1.54) is 7.11 Å². The van der Waals surface area contributed by atoms with Crippen molar-refractivity contribution < 1.29 is 9.53 Å². The number of esters is 1. The van der Waals surface area contributed by atoms with Gasteiger partial charge >= 0.3 is 5.97 Å². The van der Waals surface area contributed by atoms with Crippen LogP contribution in [0.3, 0.4) is 0 Å². The van der Waals surface area contributed by atoms with Gasteiger partial charge in [0, 0.05) is 6.04 Å². The van der Waals surface area contributed by atoms with Crippen molar-refractivity contribution in [1.82, 2.24) is 0 Å². The molecule has 0 amide bonds. The second kappa shape index (κ2) is 6.43. The van der Waals surface area contributed by atoms with Crippen LogP contribution in [0, 0.1) is 6.92 Å². The number of benzene rings is 1. The van der Waals surface area contributed by atoms with Gasteiger partial charge in [-0.2, -0.15) is 0 Å². The summed E-state index contributed by atoms with van der Waals surface area (Å²) < 4.78 is 4.56. The SMILES string of the molecule is COC(=O)CC(N)c1ccccc1C.Cl. The molecule has 0 fully saturated rings. The summed E-state index contributed by atoms with van der Waals surface area (Å²) in [6, 6.07) is 7.50. The Morgan fingerprint density at radius 2 is 2.07 bits per heavy atom. The van der Waals surface area contributed by atoms with E-state index >= 15 is 0 Å². The lowest BCUT2D eigenvalue weighted by atomic mass is 10.00. The molecule has 0 saturated carbocycles. The van der Waals surface area contributed by atoms with Gasteiger partial charge in [0.25, 0.3) is 0 Å². The van der Waals surface area contributed by atoms with Crippen molar-refractivity contribution in [2.75, 3.05) is 7.11 Å². The van der Waals surface area contributed by atoms with Crippen molar-refractivity contribution in [2.45, 2.75) is 19.4 Å². The topological polar surface area (TPSA) is 52.3 Å². The van der Waals surface area contributed by atoms with E-state index in [4.69, 9.17) is 5.73 Å². The van der Waals surface area contributed by atoms with Gasteiger partial charge in [-0.25, -0.2) is 0 Å². The summed E-state index contributed by atoms with van der Waals surface area (Å²) in [5.74, 6) is -0.277. The van der Waals surface area contributed by atoms with E-state index in [9.17, 15) is 4.79 Å². The van der Waals surface area contributed by atoms with Crippen LogP contribution in [0.25, 0.3) is 0 Å². The van der Waals surface area contributed by atoms with Gasteiger partial charge in [0.1, 0.15) is 0 Å². The Hall–Kier alpha value is -1.06. The average molecular weight is 230 g/mol. The second-order valence-electron chi connectivity index (χ2n) is 3.24. The lowest BCUT2D eigenvalue weighted by Gasteiger charge is -2.12. The molecular weight excluding hydrogens is 214 g/mol. The van der Waals surface area contributed by atoms with Crippen molar-refractivity contribution in [3.8, 4) is 0 Å². The predicted octanol–water partition coefficient (Wildman–Crippen LogP) is 1.98. The Morgan fingerprint density at radius 3 is 2.60 bits per heavy atom. The molecule has 2 N–H and O–H groups in total. The standard InChI is InChI=1S/C11H15NO2.ClH/c1-8-5-3-4-6-9(8)10(12)7-11(13)14-2;/h3-6,10H,7,12H2,1-2H3;1H. The maximum Gasteiger partial charge on any atom is 0.307 e. The summed E-state index contributed by atoms with van der Waals surface area (Å²) in [5.41, 5.74) is 7.97. The van der Waals surface area contributed by atoms with Gasteiger partial charge in [0.05, 0.1) is 13.5 Å². The number of aryl methyl sites for hydroxylation is 1. The fourth-order valence-electron chi connectivity index (χ4n) is 1.38. The predicted molar refractivity (Wildman–Crippen MR) is 62.0 cm³/mol. The van der Waals surface area contributed by atoms with E-state index < -0.39 is 0 Å². The third kappa shape index (κ3) is 3.90. The molecule has 0 heterocycles. The Morgan fingerprint density at radius 1 is 1.47 bits per heavy atom. The fourth-order valence-corrected chi connectivity index (χ4v) is 1.38.